The summed E-state index contributed by atoms with van der Waals surface area (Å²) in [6.07, 6.45) is 1.09. The lowest BCUT2D eigenvalue weighted by atomic mass is 10.1. The van der Waals surface area contributed by atoms with E-state index in [-0.39, 0.29) is 12.1 Å². The summed E-state index contributed by atoms with van der Waals surface area (Å²) in [5, 5.41) is 12.7. The molecule has 0 aliphatic carbocycles. The Hall–Kier alpha value is -1.06. The minimum atomic E-state index is 0.137. The quantitative estimate of drug-likeness (QED) is 0.804. The van der Waals surface area contributed by atoms with Crippen LogP contribution in [0.3, 0.4) is 0 Å². The first-order valence-corrected chi connectivity index (χ1v) is 7.57. The van der Waals surface area contributed by atoms with Gasteiger partial charge in [0.05, 0.1) is 6.61 Å². The van der Waals surface area contributed by atoms with Gasteiger partial charge in [-0.2, -0.15) is 0 Å². The molecular weight excluding hydrogens is 248 g/mol. The Balaban J connectivity index is 2.80. The highest BCUT2D eigenvalue weighted by molar-refractivity contribution is 5.54. The number of rotatable bonds is 7. The van der Waals surface area contributed by atoms with E-state index in [0.717, 1.165) is 19.5 Å². The number of anilines is 1. The predicted molar refractivity (Wildman–Crippen MR) is 87.4 cm³/mol. The first-order chi connectivity index (χ1) is 9.37. The molecule has 114 valence electrons. The van der Waals surface area contributed by atoms with Crippen molar-refractivity contribution in [2.75, 3.05) is 24.6 Å². The van der Waals surface area contributed by atoms with Crippen molar-refractivity contribution in [2.45, 2.75) is 53.1 Å². The number of aryl methyl sites for hydroxylation is 1. The maximum absolute atomic E-state index is 9.19. The van der Waals surface area contributed by atoms with E-state index in [1.165, 1.54) is 16.8 Å². The Morgan fingerprint density at radius 1 is 1.20 bits per heavy atom. The number of aliphatic hydroxyl groups excluding tert-OH is 1. The van der Waals surface area contributed by atoms with Crippen molar-refractivity contribution in [3.05, 3.63) is 29.3 Å². The molecule has 0 bridgehead atoms. The highest BCUT2D eigenvalue weighted by atomic mass is 16.3. The minimum absolute atomic E-state index is 0.137. The van der Waals surface area contributed by atoms with Crippen molar-refractivity contribution in [3.63, 3.8) is 0 Å². The van der Waals surface area contributed by atoms with E-state index in [0.29, 0.717) is 6.54 Å². The summed E-state index contributed by atoms with van der Waals surface area (Å²) >= 11 is 0. The van der Waals surface area contributed by atoms with Crippen molar-refractivity contribution < 1.29 is 5.11 Å². The molecule has 0 radical (unpaired) electrons. The summed E-state index contributed by atoms with van der Waals surface area (Å²) in [7, 11) is 0. The predicted octanol–water partition coefficient (Wildman–Crippen LogP) is 3.09. The average Bonchev–Trinajstić information content (AvgIpc) is 2.35. The van der Waals surface area contributed by atoms with Crippen molar-refractivity contribution in [2.24, 2.45) is 0 Å². The molecule has 1 rings (SSSR count). The third-order valence-electron chi connectivity index (χ3n) is 3.29. The summed E-state index contributed by atoms with van der Waals surface area (Å²) in [5.74, 6) is 0. The Kier molecular flexibility index (Phi) is 6.50. The van der Waals surface area contributed by atoms with Crippen molar-refractivity contribution in [1.29, 1.82) is 0 Å². The lowest BCUT2D eigenvalue weighted by Gasteiger charge is -2.26. The summed E-state index contributed by atoms with van der Waals surface area (Å²) in [6.45, 7) is 13.6. The lowest BCUT2D eigenvalue weighted by Crippen LogP contribution is -2.35. The Bertz CT molecular complexity index is 404. The smallest absolute Gasteiger partial charge is 0.0606 e. The van der Waals surface area contributed by atoms with Crippen LogP contribution in [0.25, 0.3) is 0 Å². The number of aliphatic hydroxyl groups is 1. The van der Waals surface area contributed by atoms with Gasteiger partial charge in [0.15, 0.2) is 0 Å². The van der Waals surface area contributed by atoms with E-state index in [1.807, 2.05) is 0 Å². The van der Waals surface area contributed by atoms with Crippen molar-refractivity contribution in [3.8, 4) is 0 Å². The maximum Gasteiger partial charge on any atom is 0.0606 e. The van der Waals surface area contributed by atoms with Crippen LogP contribution < -0.4 is 10.2 Å². The average molecular weight is 278 g/mol. The summed E-state index contributed by atoms with van der Waals surface area (Å²) in [6, 6.07) is 6.61. The molecule has 2 N–H and O–H groups in total. The van der Waals surface area contributed by atoms with Crippen LogP contribution in [0, 0.1) is 6.92 Å². The van der Waals surface area contributed by atoms with E-state index in [4.69, 9.17) is 0 Å². The molecule has 0 saturated heterocycles. The molecule has 0 saturated carbocycles. The van der Waals surface area contributed by atoms with E-state index in [9.17, 15) is 5.11 Å². The van der Waals surface area contributed by atoms with E-state index in [1.54, 1.807) is 0 Å². The van der Waals surface area contributed by atoms with E-state index >= 15 is 0 Å². The maximum atomic E-state index is 9.19. The van der Waals surface area contributed by atoms with Crippen LogP contribution in [0.4, 0.5) is 5.69 Å². The molecule has 0 atom stereocenters. The highest BCUT2D eigenvalue weighted by Gasteiger charge is 2.11. The second-order valence-electron chi connectivity index (χ2n) is 6.44. The molecule has 0 heterocycles. The van der Waals surface area contributed by atoms with Crippen LogP contribution in [-0.2, 0) is 6.54 Å². The third-order valence-corrected chi connectivity index (χ3v) is 3.29. The number of hydrogen-bond donors (Lipinski definition) is 2. The molecule has 20 heavy (non-hydrogen) atoms. The molecule has 1 aromatic rings. The van der Waals surface area contributed by atoms with Crippen molar-refractivity contribution in [1.82, 2.24) is 5.32 Å². The number of nitrogens with zero attached hydrogens (tertiary/aromatic N) is 1. The molecule has 1 aromatic carbocycles. The fourth-order valence-electron chi connectivity index (χ4n) is 2.29. The molecule has 0 aromatic heterocycles. The van der Waals surface area contributed by atoms with Gasteiger partial charge in [0.1, 0.15) is 0 Å². The molecule has 0 aliphatic rings. The Labute approximate surface area is 124 Å². The van der Waals surface area contributed by atoms with E-state index < -0.39 is 0 Å². The van der Waals surface area contributed by atoms with Crippen LogP contribution >= 0.6 is 0 Å². The van der Waals surface area contributed by atoms with Gasteiger partial charge in [0.2, 0.25) is 0 Å². The molecule has 3 heteroatoms. The van der Waals surface area contributed by atoms with Gasteiger partial charge in [-0.15, -0.1) is 0 Å². The van der Waals surface area contributed by atoms with Gasteiger partial charge < -0.3 is 15.3 Å². The van der Waals surface area contributed by atoms with Gasteiger partial charge in [-0.05, 0) is 51.3 Å². The SMILES string of the molecule is CCCN(CCO)c1ccc(CNC(C)(C)C)cc1C. The fraction of sp³-hybridized carbons (Fsp3) is 0.647. The largest absolute Gasteiger partial charge is 0.395 e. The van der Waals surface area contributed by atoms with Crippen LogP contribution in [0.5, 0.6) is 0 Å². The van der Waals surface area contributed by atoms with Crippen LogP contribution in [0.15, 0.2) is 18.2 Å². The highest BCUT2D eigenvalue weighted by Crippen LogP contribution is 2.21. The number of hydrogen-bond acceptors (Lipinski definition) is 3. The molecule has 3 nitrogen and oxygen atoms in total. The van der Waals surface area contributed by atoms with Gasteiger partial charge in [0, 0.05) is 30.9 Å². The topological polar surface area (TPSA) is 35.5 Å². The Morgan fingerprint density at radius 3 is 2.40 bits per heavy atom. The Morgan fingerprint density at radius 2 is 1.90 bits per heavy atom. The fourth-order valence-corrected chi connectivity index (χ4v) is 2.29. The number of nitrogens with one attached hydrogen (secondary N) is 1. The standard InChI is InChI=1S/C17H30N2O/c1-6-9-19(10-11-20)16-8-7-15(12-14(16)2)13-18-17(3,4)5/h7-8,12,18,20H,6,9-11,13H2,1-5H3. The van der Waals surface area contributed by atoms with Gasteiger partial charge in [-0.3, -0.25) is 0 Å². The zero-order chi connectivity index (χ0) is 15.2. The first kappa shape index (κ1) is 17.0. The van der Waals surface area contributed by atoms with Gasteiger partial charge in [-0.1, -0.05) is 19.1 Å². The van der Waals surface area contributed by atoms with Crippen LogP contribution in [-0.4, -0.2) is 30.3 Å². The molecule has 0 aliphatic heterocycles. The first-order valence-electron chi connectivity index (χ1n) is 7.57. The number of benzene rings is 1. The van der Waals surface area contributed by atoms with Crippen LogP contribution in [0.1, 0.15) is 45.2 Å². The van der Waals surface area contributed by atoms with Gasteiger partial charge in [-0.25, -0.2) is 0 Å². The van der Waals surface area contributed by atoms with E-state index in [2.05, 4.69) is 63.0 Å². The molecule has 0 unspecified atom stereocenters. The molecular formula is C17H30N2O. The molecule has 0 amide bonds. The summed E-state index contributed by atoms with van der Waals surface area (Å²) < 4.78 is 0. The molecule has 0 spiro atoms. The summed E-state index contributed by atoms with van der Waals surface area (Å²) in [5.41, 5.74) is 3.96. The van der Waals surface area contributed by atoms with Crippen molar-refractivity contribution >= 4 is 5.69 Å². The zero-order valence-corrected chi connectivity index (χ0v) is 13.7. The van der Waals surface area contributed by atoms with Gasteiger partial charge >= 0.3 is 0 Å². The summed E-state index contributed by atoms with van der Waals surface area (Å²) in [4.78, 5) is 2.26. The van der Waals surface area contributed by atoms with Crippen LogP contribution in [0.2, 0.25) is 0 Å². The molecule has 0 fully saturated rings. The monoisotopic (exact) mass is 278 g/mol. The second kappa shape index (κ2) is 7.65. The third kappa shape index (κ3) is 5.51. The van der Waals surface area contributed by atoms with Gasteiger partial charge in [0.25, 0.3) is 0 Å². The normalized spacial score (nSPS) is 11.7. The second-order valence-corrected chi connectivity index (χ2v) is 6.44. The minimum Gasteiger partial charge on any atom is -0.395 e. The zero-order valence-electron chi connectivity index (χ0n) is 13.7. The lowest BCUT2D eigenvalue weighted by molar-refractivity contribution is 0.302.